The molecule has 1 atom stereocenters. The number of amides is 2. The van der Waals surface area contributed by atoms with Crippen LogP contribution in [0.1, 0.15) is 29.0 Å². The molecule has 0 unspecified atom stereocenters. The van der Waals surface area contributed by atoms with Crippen molar-refractivity contribution in [1.29, 1.82) is 0 Å². The van der Waals surface area contributed by atoms with Gasteiger partial charge in [-0.15, -0.1) is 0 Å². The maximum absolute atomic E-state index is 12.8. The molecule has 0 aliphatic carbocycles. The molecule has 7 nitrogen and oxygen atoms in total. The third kappa shape index (κ3) is 3.08. The van der Waals surface area contributed by atoms with Gasteiger partial charge in [-0.3, -0.25) is 15.0 Å². The highest BCUT2D eigenvalue weighted by Gasteiger charge is 2.34. The quantitative estimate of drug-likeness (QED) is 0.892. The van der Waals surface area contributed by atoms with Crippen LogP contribution in [0.2, 0.25) is 0 Å². The molecule has 0 spiro atoms. The average molecular weight is 341 g/mol. The molecule has 25 heavy (non-hydrogen) atoms. The summed E-state index contributed by atoms with van der Waals surface area (Å²) in [5.41, 5.74) is 4.54. The van der Waals surface area contributed by atoms with Crippen molar-refractivity contribution in [2.75, 3.05) is 19.5 Å². The zero-order valence-electron chi connectivity index (χ0n) is 14.2. The molecule has 1 aliphatic heterocycles. The zero-order chi connectivity index (χ0) is 18.0. The summed E-state index contributed by atoms with van der Waals surface area (Å²) in [7, 11) is 3.10. The van der Waals surface area contributed by atoms with Crippen molar-refractivity contribution in [2.24, 2.45) is 0 Å². The number of ether oxygens (including phenoxy) is 2. The lowest BCUT2D eigenvalue weighted by Crippen LogP contribution is -2.52. The van der Waals surface area contributed by atoms with Gasteiger partial charge in [0, 0.05) is 18.2 Å². The summed E-state index contributed by atoms with van der Waals surface area (Å²) < 4.78 is 10.6. The molecule has 0 radical (unpaired) electrons. The minimum atomic E-state index is -0.578. The monoisotopic (exact) mass is 341 g/mol. The van der Waals surface area contributed by atoms with Crippen LogP contribution in [0.15, 0.2) is 42.5 Å². The van der Waals surface area contributed by atoms with E-state index in [9.17, 15) is 9.59 Å². The Morgan fingerprint density at radius 2 is 1.84 bits per heavy atom. The molecule has 1 aliphatic rings. The summed E-state index contributed by atoms with van der Waals surface area (Å²) in [5, 5.41) is 4.57. The normalized spacial score (nSPS) is 15.9. The maximum atomic E-state index is 12.8. The molecule has 2 aromatic rings. The van der Waals surface area contributed by atoms with E-state index in [1.54, 1.807) is 38.5 Å². The lowest BCUT2D eigenvalue weighted by molar-refractivity contribution is -0.123. The van der Waals surface area contributed by atoms with Crippen LogP contribution in [0.3, 0.4) is 0 Å². The standard InChI is InChI=1S/C18H19N3O4/c1-11(22)20-21-17(12-8-9-15(24-2)16(10-12)25-3)19-14-7-5-4-6-13(14)18(21)23/h4-10,17,19H,1-3H3,(H,20,22)/t17-/m0/s1. The highest BCUT2D eigenvalue weighted by molar-refractivity contribution is 6.02. The first-order chi connectivity index (χ1) is 12.0. The average Bonchev–Trinajstić information content (AvgIpc) is 2.63. The minimum absolute atomic E-state index is 0.288. The van der Waals surface area contributed by atoms with Crippen molar-refractivity contribution in [1.82, 2.24) is 10.4 Å². The van der Waals surface area contributed by atoms with Gasteiger partial charge in [-0.1, -0.05) is 18.2 Å². The first kappa shape index (κ1) is 16.6. The number of hydrogen-bond donors (Lipinski definition) is 2. The minimum Gasteiger partial charge on any atom is -0.493 e. The van der Waals surface area contributed by atoms with Gasteiger partial charge in [0.25, 0.3) is 5.91 Å². The summed E-state index contributed by atoms with van der Waals surface area (Å²) in [6.45, 7) is 1.36. The van der Waals surface area contributed by atoms with Crippen LogP contribution in [0.5, 0.6) is 11.5 Å². The zero-order valence-corrected chi connectivity index (χ0v) is 14.2. The fourth-order valence-electron chi connectivity index (χ4n) is 2.79. The second kappa shape index (κ2) is 6.72. The molecule has 0 saturated carbocycles. The number of nitrogens with zero attached hydrogens (tertiary/aromatic N) is 1. The molecular formula is C18H19N3O4. The second-order valence-electron chi connectivity index (χ2n) is 5.55. The molecular weight excluding hydrogens is 322 g/mol. The Morgan fingerprint density at radius 1 is 1.12 bits per heavy atom. The maximum Gasteiger partial charge on any atom is 0.276 e. The van der Waals surface area contributed by atoms with Crippen molar-refractivity contribution in [2.45, 2.75) is 13.1 Å². The molecule has 3 rings (SSSR count). The Labute approximate surface area is 145 Å². The van der Waals surface area contributed by atoms with E-state index in [4.69, 9.17) is 9.47 Å². The number of methoxy groups -OCH3 is 2. The molecule has 1 heterocycles. The van der Waals surface area contributed by atoms with E-state index in [2.05, 4.69) is 10.7 Å². The van der Waals surface area contributed by atoms with E-state index in [1.165, 1.54) is 11.9 Å². The fraction of sp³-hybridized carbons (Fsp3) is 0.222. The highest BCUT2D eigenvalue weighted by atomic mass is 16.5. The number of rotatable bonds is 4. The van der Waals surface area contributed by atoms with Gasteiger partial charge in [0.1, 0.15) is 6.17 Å². The Hall–Kier alpha value is -3.22. The van der Waals surface area contributed by atoms with Gasteiger partial charge in [0.15, 0.2) is 11.5 Å². The summed E-state index contributed by atoms with van der Waals surface area (Å²) >= 11 is 0. The summed E-state index contributed by atoms with van der Waals surface area (Å²) in [6.07, 6.45) is -0.578. The van der Waals surface area contributed by atoms with Crippen LogP contribution in [0.4, 0.5) is 5.69 Å². The Morgan fingerprint density at radius 3 is 2.52 bits per heavy atom. The van der Waals surface area contributed by atoms with Gasteiger partial charge in [-0.05, 0) is 24.3 Å². The van der Waals surface area contributed by atoms with E-state index >= 15 is 0 Å². The number of hydrogen-bond acceptors (Lipinski definition) is 5. The third-order valence-corrected chi connectivity index (χ3v) is 3.93. The first-order valence-corrected chi connectivity index (χ1v) is 7.73. The van der Waals surface area contributed by atoms with Crippen molar-refractivity contribution in [3.05, 3.63) is 53.6 Å². The molecule has 0 aromatic heterocycles. The number of para-hydroxylation sites is 1. The van der Waals surface area contributed by atoms with Gasteiger partial charge in [0.05, 0.1) is 19.8 Å². The number of fused-ring (bicyclic) bond motifs is 1. The Kier molecular flexibility index (Phi) is 4.47. The molecule has 0 bridgehead atoms. The summed E-state index contributed by atoms with van der Waals surface area (Å²) in [6, 6.07) is 12.5. The fourth-order valence-corrected chi connectivity index (χ4v) is 2.79. The van der Waals surface area contributed by atoms with Gasteiger partial charge in [-0.2, -0.15) is 0 Å². The number of hydrazine groups is 1. The van der Waals surface area contributed by atoms with E-state index in [1.807, 2.05) is 18.2 Å². The van der Waals surface area contributed by atoms with Crippen molar-refractivity contribution in [3.8, 4) is 11.5 Å². The van der Waals surface area contributed by atoms with Crippen LogP contribution in [-0.2, 0) is 4.79 Å². The Balaban J connectivity index is 2.06. The predicted octanol–water partition coefficient (Wildman–Crippen LogP) is 2.32. The van der Waals surface area contributed by atoms with Gasteiger partial charge in [0.2, 0.25) is 5.91 Å². The van der Waals surface area contributed by atoms with Gasteiger partial charge in [-0.25, -0.2) is 5.01 Å². The van der Waals surface area contributed by atoms with Crippen LogP contribution in [-0.4, -0.2) is 31.0 Å². The SMILES string of the molecule is COc1ccc([C@H]2Nc3ccccc3C(=O)N2NC(C)=O)cc1OC. The smallest absolute Gasteiger partial charge is 0.276 e. The molecule has 7 heteroatoms. The van der Waals surface area contributed by atoms with Gasteiger partial charge >= 0.3 is 0 Å². The van der Waals surface area contributed by atoms with Crippen molar-refractivity contribution in [3.63, 3.8) is 0 Å². The lowest BCUT2D eigenvalue weighted by Gasteiger charge is -2.37. The molecule has 2 aromatic carbocycles. The lowest BCUT2D eigenvalue weighted by atomic mass is 10.0. The first-order valence-electron chi connectivity index (χ1n) is 7.73. The van der Waals surface area contributed by atoms with E-state index in [0.29, 0.717) is 22.7 Å². The van der Waals surface area contributed by atoms with Gasteiger partial charge < -0.3 is 14.8 Å². The number of carbonyl (C=O) groups is 2. The van der Waals surface area contributed by atoms with E-state index < -0.39 is 6.17 Å². The highest BCUT2D eigenvalue weighted by Crippen LogP contribution is 2.35. The van der Waals surface area contributed by atoms with Crippen LogP contribution in [0.25, 0.3) is 0 Å². The molecule has 2 N–H and O–H groups in total. The molecule has 2 amide bonds. The van der Waals surface area contributed by atoms with Crippen LogP contribution >= 0.6 is 0 Å². The summed E-state index contributed by atoms with van der Waals surface area (Å²) in [5.74, 6) is 0.500. The summed E-state index contributed by atoms with van der Waals surface area (Å²) in [4.78, 5) is 24.4. The topological polar surface area (TPSA) is 79.9 Å². The van der Waals surface area contributed by atoms with Crippen molar-refractivity contribution < 1.29 is 19.1 Å². The number of nitrogens with one attached hydrogen (secondary N) is 2. The van der Waals surface area contributed by atoms with Crippen LogP contribution < -0.4 is 20.2 Å². The number of carbonyl (C=O) groups excluding carboxylic acids is 2. The van der Waals surface area contributed by atoms with E-state index in [-0.39, 0.29) is 11.8 Å². The molecule has 130 valence electrons. The van der Waals surface area contributed by atoms with E-state index in [0.717, 1.165) is 5.56 Å². The third-order valence-electron chi connectivity index (χ3n) is 3.93. The largest absolute Gasteiger partial charge is 0.493 e. The predicted molar refractivity (Wildman–Crippen MR) is 92.3 cm³/mol. The molecule has 0 fully saturated rings. The van der Waals surface area contributed by atoms with Crippen LogP contribution in [0, 0.1) is 0 Å². The number of anilines is 1. The molecule has 0 saturated heterocycles. The van der Waals surface area contributed by atoms with Crippen molar-refractivity contribution >= 4 is 17.5 Å². The second-order valence-corrected chi connectivity index (χ2v) is 5.55. The number of benzene rings is 2. The Bertz CT molecular complexity index is 822.